The summed E-state index contributed by atoms with van der Waals surface area (Å²) in [4.78, 5) is 15.6. The van der Waals surface area contributed by atoms with Crippen LogP contribution in [0.15, 0.2) is 18.2 Å². The van der Waals surface area contributed by atoms with Crippen LogP contribution in [0.1, 0.15) is 6.92 Å². The molecule has 2 N–H and O–H groups in total. The van der Waals surface area contributed by atoms with Crippen LogP contribution in [0.5, 0.6) is 0 Å². The molecule has 2 rings (SSSR count). The number of carbonyl (C=O) groups excluding carboxylic acids is 1. The molecule has 0 aliphatic rings. The Kier molecular flexibility index (Phi) is 3.19. The lowest BCUT2D eigenvalue weighted by Gasteiger charge is -2.05. The summed E-state index contributed by atoms with van der Waals surface area (Å²) in [5.41, 5.74) is 7.07. The smallest absolute Gasteiger partial charge is 0.326 e. The summed E-state index contributed by atoms with van der Waals surface area (Å²) >= 11 is 5.99. The Bertz CT molecular complexity index is 565. The number of benzene rings is 1. The third-order valence-corrected chi connectivity index (χ3v) is 2.66. The van der Waals surface area contributed by atoms with E-state index in [4.69, 9.17) is 22.1 Å². The standard InChI is InChI=1S/C11H12ClN3O2/c1-2-17-9(16)6-15-8-5-3-4-7(12)10(8)14-11(15)13/h3-5H,2,6H2,1H3,(H2,13,14). The predicted molar refractivity (Wildman–Crippen MR) is 65.8 cm³/mol. The summed E-state index contributed by atoms with van der Waals surface area (Å²) in [6.45, 7) is 2.13. The number of carbonyl (C=O) groups is 1. The molecule has 0 fully saturated rings. The van der Waals surface area contributed by atoms with Gasteiger partial charge in [0.05, 0.1) is 17.1 Å². The number of fused-ring (bicyclic) bond motifs is 1. The Balaban J connectivity index is 2.43. The quantitative estimate of drug-likeness (QED) is 0.848. The van der Waals surface area contributed by atoms with Gasteiger partial charge in [-0.2, -0.15) is 0 Å². The maximum Gasteiger partial charge on any atom is 0.326 e. The minimum Gasteiger partial charge on any atom is -0.465 e. The second-order valence-electron chi connectivity index (χ2n) is 3.47. The third-order valence-electron chi connectivity index (χ3n) is 2.35. The Morgan fingerprint density at radius 1 is 1.59 bits per heavy atom. The van der Waals surface area contributed by atoms with E-state index in [1.54, 1.807) is 23.6 Å². The minimum atomic E-state index is -0.349. The van der Waals surface area contributed by atoms with Gasteiger partial charge in [0.2, 0.25) is 5.95 Å². The summed E-state index contributed by atoms with van der Waals surface area (Å²) < 4.78 is 6.46. The molecule has 5 nitrogen and oxygen atoms in total. The van der Waals surface area contributed by atoms with E-state index < -0.39 is 0 Å². The molecule has 90 valence electrons. The number of ether oxygens (including phenoxy) is 1. The van der Waals surface area contributed by atoms with Crippen LogP contribution in [0.4, 0.5) is 5.95 Å². The molecule has 0 aliphatic heterocycles. The summed E-state index contributed by atoms with van der Waals surface area (Å²) in [5.74, 6) is -0.0976. The van der Waals surface area contributed by atoms with Crippen LogP contribution in [-0.4, -0.2) is 22.1 Å². The van der Waals surface area contributed by atoms with Gasteiger partial charge in [-0.3, -0.25) is 9.36 Å². The number of rotatable bonds is 3. The summed E-state index contributed by atoms with van der Waals surface area (Å²) in [6, 6.07) is 5.32. The zero-order chi connectivity index (χ0) is 12.4. The number of esters is 1. The second-order valence-corrected chi connectivity index (χ2v) is 3.88. The monoisotopic (exact) mass is 253 g/mol. The zero-order valence-corrected chi connectivity index (χ0v) is 10.1. The fraction of sp³-hybridized carbons (Fsp3) is 0.273. The van der Waals surface area contributed by atoms with Gasteiger partial charge in [0, 0.05) is 0 Å². The van der Waals surface area contributed by atoms with Gasteiger partial charge in [-0.1, -0.05) is 17.7 Å². The van der Waals surface area contributed by atoms with Crippen LogP contribution in [0, 0.1) is 0 Å². The van der Waals surface area contributed by atoms with Gasteiger partial charge in [0.15, 0.2) is 0 Å². The number of nitrogen functional groups attached to an aromatic ring is 1. The first kappa shape index (κ1) is 11.7. The molecule has 0 atom stereocenters. The summed E-state index contributed by atoms with van der Waals surface area (Å²) in [6.07, 6.45) is 0. The Morgan fingerprint density at radius 3 is 3.06 bits per heavy atom. The van der Waals surface area contributed by atoms with Crippen molar-refractivity contribution in [2.24, 2.45) is 0 Å². The highest BCUT2D eigenvalue weighted by atomic mass is 35.5. The van der Waals surface area contributed by atoms with Crippen LogP contribution in [0.3, 0.4) is 0 Å². The van der Waals surface area contributed by atoms with E-state index in [-0.39, 0.29) is 18.5 Å². The van der Waals surface area contributed by atoms with Crippen LogP contribution >= 0.6 is 11.6 Å². The van der Waals surface area contributed by atoms with Gasteiger partial charge < -0.3 is 10.5 Å². The molecule has 6 heteroatoms. The average Bonchev–Trinajstić information content (AvgIpc) is 2.58. The van der Waals surface area contributed by atoms with E-state index in [1.165, 1.54) is 0 Å². The van der Waals surface area contributed by atoms with Crippen LogP contribution in [-0.2, 0) is 16.1 Å². The lowest BCUT2D eigenvalue weighted by molar-refractivity contribution is -0.143. The molecule has 0 unspecified atom stereocenters. The van der Waals surface area contributed by atoms with Crippen molar-refractivity contribution in [3.63, 3.8) is 0 Å². The highest BCUT2D eigenvalue weighted by Gasteiger charge is 2.13. The largest absolute Gasteiger partial charge is 0.465 e. The number of para-hydroxylation sites is 1. The van der Waals surface area contributed by atoms with Gasteiger partial charge >= 0.3 is 5.97 Å². The fourth-order valence-corrected chi connectivity index (χ4v) is 1.84. The van der Waals surface area contributed by atoms with E-state index in [0.717, 1.165) is 5.52 Å². The number of halogens is 1. The molecule has 0 spiro atoms. The molecular weight excluding hydrogens is 242 g/mol. The number of nitrogens with two attached hydrogens (primary N) is 1. The van der Waals surface area contributed by atoms with Gasteiger partial charge in [-0.15, -0.1) is 0 Å². The Morgan fingerprint density at radius 2 is 2.35 bits per heavy atom. The lowest BCUT2D eigenvalue weighted by atomic mass is 10.3. The summed E-state index contributed by atoms with van der Waals surface area (Å²) in [5, 5.41) is 0.511. The van der Waals surface area contributed by atoms with E-state index >= 15 is 0 Å². The second kappa shape index (κ2) is 4.63. The van der Waals surface area contributed by atoms with Crippen molar-refractivity contribution in [1.29, 1.82) is 0 Å². The van der Waals surface area contributed by atoms with E-state index in [0.29, 0.717) is 17.1 Å². The van der Waals surface area contributed by atoms with Crippen molar-refractivity contribution < 1.29 is 9.53 Å². The Labute approximate surface area is 103 Å². The Hall–Kier alpha value is -1.75. The van der Waals surface area contributed by atoms with Crippen molar-refractivity contribution in [3.05, 3.63) is 23.2 Å². The van der Waals surface area contributed by atoms with Crippen LogP contribution in [0.2, 0.25) is 5.02 Å². The fourth-order valence-electron chi connectivity index (χ4n) is 1.63. The van der Waals surface area contributed by atoms with Gasteiger partial charge in [-0.25, -0.2) is 4.98 Å². The first-order chi connectivity index (χ1) is 8.13. The molecule has 0 bridgehead atoms. The van der Waals surface area contributed by atoms with Gasteiger partial charge in [0.25, 0.3) is 0 Å². The number of anilines is 1. The molecule has 0 amide bonds. The van der Waals surface area contributed by atoms with Crippen molar-refractivity contribution in [3.8, 4) is 0 Å². The van der Waals surface area contributed by atoms with Crippen molar-refractivity contribution >= 4 is 34.6 Å². The molecular formula is C11H12ClN3O2. The molecule has 2 aromatic rings. The molecule has 0 radical (unpaired) electrons. The highest BCUT2D eigenvalue weighted by molar-refractivity contribution is 6.35. The lowest BCUT2D eigenvalue weighted by Crippen LogP contribution is -2.15. The average molecular weight is 254 g/mol. The maximum absolute atomic E-state index is 11.4. The molecule has 0 saturated heterocycles. The van der Waals surface area contributed by atoms with E-state index in [2.05, 4.69) is 4.98 Å². The third kappa shape index (κ3) is 2.19. The molecule has 0 saturated carbocycles. The zero-order valence-electron chi connectivity index (χ0n) is 9.31. The SMILES string of the molecule is CCOC(=O)Cn1c(N)nc2c(Cl)cccc21. The molecule has 17 heavy (non-hydrogen) atoms. The molecule has 1 aromatic heterocycles. The van der Waals surface area contributed by atoms with Crippen LogP contribution in [0.25, 0.3) is 11.0 Å². The number of imidazole rings is 1. The predicted octanol–water partition coefficient (Wildman–Crippen LogP) is 1.84. The van der Waals surface area contributed by atoms with E-state index in [1.807, 2.05) is 6.07 Å². The topological polar surface area (TPSA) is 70.1 Å². The van der Waals surface area contributed by atoms with Crippen LogP contribution < -0.4 is 5.73 Å². The van der Waals surface area contributed by atoms with Gasteiger partial charge in [0.1, 0.15) is 12.1 Å². The van der Waals surface area contributed by atoms with Crippen molar-refractivity contribution in [2.75, 3.05) is 12.3 Å². The van der Waals surface area contributed by atoms with Gasteiger partial charge in [-0.05, 0) is 19.1 Å². The molecule has 0 aliphatic carbocycles. The molecule has 1 aromatic carbocycles. The first-order valence-corrected chi connectivity index (χ1v) is 5.57. The first-order valence-electron chi connectivity index (χ1n) is 5.19. The maximum atomic E-state index is 11.4. The minimum absolute atomic E-state index is 0.0382. The number of aromatic nitrogens is 2. The number of hydrogen-bond acceptors (Lipinski definition) is 4. The molecule has 1 heterocycles. The number of hydrogen-bond donors (Lipinski definition) is 1. The summed E-state index contributed by atoms with van der Waals surface area (Å²) in [7, 11) is 0. The van der Waals surface area contributed by atoms with Crippen molar-refractivity contribution in [1.82, 2.24) is 9.55 Å². The highest BCUT2D eigenvalue weighted by Crippen LogP contribution is 2.24. The normalized spacial score (nSPS) is 10.7. The van der Waals surface area contributed by atoms with E-state index in [9.17, 15) is 4.79 Å². The number of nitrogens with zero attached hydrogens (tertiary/aromatic N) is 2. The van der Waals surface area contributed by atoms with Crippen molar-refractivity contribution in [2.45, 2.75) is 13.5 Å².